The molecule has 3 fully saturated rings. The first-order valence-electron chi connectivity index (χ1n) is 12.9. The lowest BCUT2D eigenvalue weighted by atomic mass is 10.1. The molecule has 10 nitrogen and oxygen atoms in total. The van der Waals surface area contributed by atoms with Crippen LogP contribution in [0.25, 0.3) is 33.3 Å². The van der Waals surface area contributed by atoms with E-state index in [0.29, 0.717) is 58.4 Å². The quantitative estimate of drug-likeness (QED) is 0.420. The number of likely N-dealkylation sites (tertiary alicyclic amines) is 1. The molecule has 3 saturated heterocycles. The number of nitrogen functional groups attached to an aromatic ring is 1. The third-order valence-electron chi connectivity index (χ3n) is 7.93. The Morgan fingerprint density at radius 1 is 1.14 bits per heavy atom. The molecule has 4 aromatic rings. The molecule has 7 rings (SSSR count). The monoisotopic (exact) mass is 504 g/mol. The van der Waals surface area contributed by atoms with E-state index in [0.717, 1.165) is 45.3 Å². The third-order valence-corrected chi connectivity index (χ3v) is 7.93. The lowest BCUT2D eigenvalue weighted by molar-refractivity contribution is 0.188. The second-order valence-corrected chi connectivity index (χ2v) is 10.4. The molecule has 192 valence electrons. The minimum atomic E-state index is -0.561. The Bertz CT molecular complexity index is 1480. The highest BCUT2D eigenvalue weighted by atomic mass is 19.1. The zero-order chi connectivity index (χ0) is 25.1. The lowest BCUT2D eigenvalue weighted by Crippen LogP contribution is -2.51. The van der Waals surface area contributed by atoms with Crippen LogP contribution in [0.15, 0.2) is 29.0 Å². The van der Waals surface area contributed by atoms with Crippen molar-refractivity contribution in [3.63, 3.8) is 0 Å². The van der Waals surface area contributed by atoms with Crippen LogP contribution in [0.3, 0.4) is 0 Å². The van der Waals surface area contributed by atoms with Gasteiger partial charge in [0.1, 0.15) is 41.2 Å². The van der Waals surface area contributed by atoms with Crippen molar-refractivity contribution < 1.29 is 13.5 Å². The molecule has 3 aliphatic rings. The van der Waals surface area contributed by atoms with Crippen molar-refractivity contribution >= 4 is 33.6 Å². The zero-order valence-corrected chi connectivity index (χ0v) is 20.7. The van der Waals surface area contributed by atoms with Gasteiger partial charge in [-0.05, 0) is 51.4 Å². The number of piperazine rings is 1. The molecule has 4 aromatic heterocycles. The average Bonchev–Trinajstić information content (AvgIpc) is 3.60. The van der Waals surface area contributed by atoms with E-state index in [4.69, 9.17) is 19.9 Å². The third kappa shape index (κ3) is 3.93. The van der Waals surface area contributed by atoms with Gasteiger partial charge in [-0.15, -0.1) is 0 Å². The van der Waals surface area contributed by atoms with Gasteiger partial charge < -0.3 is 30.0 Å². The SMILES string of the molecule is CN1CCC[C@H]1COc1nc(N2CC3CCC(C2)N3)c2cnc(-c3coc4ccc(N)nc34)c(F)c2n1. The highest BCUT2D eigenvalue weighted by Crippen LogP contribution is 2.36. The maximum Gasteiger partial charge on any atom is 0.319 e. The molecular weight excluding hydrogens is 475 g/mol. The highest BCUT2D eigenvalue weighted by Gasteiger charge is 2.34. The van der Waals surface area contributed by atoms with Gasteiger partial charge in [-0.25, -0.2) is 9.37 Å². The van der Waals surface area contributed by atoms with Crippen molar-refractivity contribution in [1.29, 1.82) is 0 Å². The van der Waals surface area contributed by atoms with Crippen molar-refractivity contribution in [3.05, 3.63) is 30.4 Å². The molecule has 3 N–H and O–H groups in total. The number of likely N-dealkylation sites (N-methyl/N-ethyl adjacent to an activating group) is 1. The van der Waals surface area contributed by atoms with E-state index in [2.05, 4.69) is 37.1 Å². The molecule has 0 amide bonds. The first-order chi connectivity index (χ1) is 18.0. The van der Waals surface area contributed by atoms with Gasteiger partial charge in [-0.3, -0.25) is 4.98 Å². The minimum absolute atomic E-state index is 0.107. The molecule has 2 unspecified atom stereocenters. The molecule has 3 atom stereocenters. The molecule has 2 bridgehead atoms. The molecule has 0 aromatic carbocycles. The molecular formula is C26H29FN8O2. The largest absolute Gasteiger partial charge is 0.462 e. The van der Waals surface area contributed by atoms with Gasteiger partial charge in [-0.2, -0.15) is 9.97 Å². The van der Waals surface area contributed by atoms with Crippen molar-refractivity contribution in [1.82, 2.24) is 30.2 Å². The van der Waals surface area contributed by atoms with Crippen LogP contribution >= 0.6 is 0 Å². The standard InChI is InChI=1S/C26H29FN8O2/c1-34-8-2-3-16(34)12-37-26-32-24-17(25(33-26)35-10-14-4-5-15(11-35)30-14)9-29-23(21(24)27)18-13-36-19-6-7-20(28)31-22(18)19/h6-7,9,13-16,30H,2-5,8,10-12H2,1H3,(H2,28,31)/t14?,15?,16-/m0/s1. The van der Waals surface area contributed by atoms with E-state index in [9.17, 15) is 0 Å². The summed E-state index contributed by atoms with van der Waals surface area (Å²) >= 11 is 0. The van der Waals surface area contributed by atoms with Gasteiger partial charge in [0.15, 0.2) is 11.4 Å². The van der Waals surface area contributed by atoms with Gasteiger partial charge in [0.2, 0.25) is 0 Å². The van der Waals surface area contributed by atoms with Crippen LogP contribution < -0.4 is 20.7 Å². The first kappa shape index (κ1) is 22.6. The number of furan rings is 1. The fourth-order valence-corrected chi connectivity index (χ4v) is 5.94. The average molecular weight is 505 g/mol. The Kier molecular flexibility index (Phi) is 5.36. The van der Waals surface area contributed by atoms with Gasteiger partial charge in [0.25, 0.3) is 0 Å². The number of nitrogens with zero attached hydrogens (tertiary/aromatic N) is 6. The number of nitrogens with one attached hydrogen (secondary N) is 1. The fourth-order valence-electron chi connectivity index (χ4n) is 5.94. The topological polar surface area (TPSA) is 118 Å². The maximum atomic E-state index is 16.2. The minimum Gasteiger partial charge on any atom is -0.462 e. The number of pyridine rings is 2. The van der Waals surface area contributed by atoms with Crippen LogP contribution in [-0.4, -0.2) is 76.3 Å². The van der Waals surface area contributed by atoms with E-state index in [-0.39, 0.29) is 17.2 Å². The number of ether oxygens (including phenoxy) is 1. The van der Waals surface area contributed by atoms with E-state index >= 15 is 4.39 Å². The Balaban J connectivity index is 1.33. The normalized spacial score (nSPS) is 23.9. The predicted octanol–water partition coefficient (Wildman–Crippen LogP) is 2.97. The van der Waals surface area contributed by atoms with Crippen molar-refractivity contribution in [2.45, 2.75) is 43.8 Å². The van der Waals surface area contributed by atoms with Crippen molar-refractivity contribution in [2.24, 2.45) is 0 Å². The van der Waals surface area contributed by atoms with E-state index in [1.807, 2.05) is 0 Å². The molecule has 0 saturated carbocycles. The molecule has 3 aliphatic heterocycles. The van der Waals surface area contributed by atoms with Crippen LogP contribution in [0.5, 0.6) is 6.01 Å². The van der Waals surface area contributed by atoms with E-state index in [1.165, 1.54) is 6.26 Å². The summed E-state index contributed by atoms with van der Waals surface area (Å²) in [6.07, 6.45) is 7.55. The maximum absolute atomic E-state index is 16.2. The summed E-state index contributed by atoms with van der Waals surface area (Å²) in [5, 5.41) is 4.20. The van der Waals surface area contributed by atoms with Crippen LogP contribution in [-0.2, 0) is 0 Å². The second-order valence-electron chi connectivity index (χ2n) is 10.4. The Labute approximate surface area is 213 Å². The second kappa shape index (κ2) is 8.77. The molecule has 7 heterocycles. The molecule has 0 aliphatic carbocycles. The van der Waals surface area contributed by atoms with E-state index < -0.39 is 5.82 Å². The van der Waals surface area contributed by atoms with E-state index in [1.54, 1.807) is 18.3 Å². The van der Waals surface area contributed by atoms with Crippen LogP contribution in [0.4, 0.5) is 16.0 Å². The van der Waals surface area contributed by atoms with Crippen LogP contribution in [0, 0.1) is 5.82 Å². The van der Waals surface area contributed by atoms with Crippen LogP contribution in [0.2, 0.25) is 0 Å². The number of halogens is 1. The number of aromatic nitrogens is 4. The number of nitrogens with two attached hydrogens (primary N) is 1. The predicted molar refractivity (Wildman–Crippen MR) is 138 cm³/mol. The van der Waals surface area contributed by atoms with Crippen molar-refractivity contribution in [3.8, 4) is 17.3 Å². The summed E-state index contributed by atoms with van der Waals surface area (Å²) in [5.41, 5.74) is 7.56. The summed E-state index contributed by atoms with van der Waals surface area (Å²) in [7, 11) is 2.10. The van der Waals surface area contributed by atoms with Gasteiger partial charge in [0.05, 0.1) is 10.9 Å². The summed E-state index contributed by atoms with van der Waals surface area (Å²) in [5.74, 6) is 0.423. The first-order valence-corrected chi connectivity index (χ1v) is 12.9. The lowest BCUT2D eigenvalue weighted by Gasteiger charge is -2.34. The summed E-state index contributed by atoms with van der Waals surface area (Å²) in [6.45, 7) is 3.10. The van der Waals surface area contributed by atoms with Gasteiger partial charge >= 0.3 is 6.01 Å². The summed E-state index contributed by atoms with van der Waals surface area (Å²) in [4.78, 5) is 22.7. The summed E-state index contributed by atoms with van der Waals surface area (Å²) in [6, 6.07) is 4.63. The van der Waals surface area contributed by atoms with Crippen molar-refractivity contribution in [2.75, 3.05) is 43.9 Å². The number of hydrogen-bond donors (Lipinski definition) is 2. The smallest absolute Gasteiger partial charge is 0.319 e. The highest BCUT2D eigenvalue weighted by molar-refractivity contribution is 5.96. The molecule has 0 radical (unpaired) electrons. The molecule has 11 heteroatoms. The molecule has 0 spiro atoms. The number of fused-ring (bicyclic) bond motifs is 4. The van der Waals surface area contributed by atoms with Gasteiger partial charge in [-0.1, -0.05) is 0 Å². The number of rotatable bonds is 5. The molecule has 37 heavy (non-hydrogen) atoms. The van der Waals surface area contributed by atoms with Gasteiger partial charge in [0, 0.05) is 37.4 Å². The Morgan fingerprint density at radius 2 is 1.97 bits per heavy atom. The number of anilines is 2. The zero-order valence-electron chi connectivity index (χ0n) is 20.7. The fraction of sp³-hybridized carbons (Fsp3) is 0.462. The Hall–Kier alpha value is -3.57. The number of hydrogen-bond acceptors (Lipinski definition) is 10. The van der Waals surface area contributed by atoms with Crippen LogP contribution in [0.1, 0.15) is 25.7 Å². The summed E-state index contributed by atoms with van der Waals surface area (Å²) < 4.78 is 27.9. The Morgan fingerprint density at radius 3 is 2.76 bits per heavy atom.